The molecule has 2 N–H and O–H groups in total. The van der Waals surface area contributed by atoms with Crippen LogP contribution < -0.4 is 0 Å². The Morgan fingerprint density at radius 1 is 0.893 bits per heavy atom. The second kappa shape index (κ2) is 14.4. The third kappa shape index (κ3) is 12.0. The van der Waals surface area contributed by atoms with E-state index >= 15 is 0 Å². The van der Waals surface area contributed by atoms with E-state index in [1.807, 2.05) is 0 Å². The first-order chi connectivity index (χ1) is 13.4. The van der Waals surface area contributed by atoms with Crippen molar-refractivity contribution in [2.75, 3.05) is 26.7 Å². The second-order valence-electron chi connectivity index (χ2n) is 8.06. The highest BCUT2D eigenvalue weighted by Gasteiger charge is 2.25. The van der Waals surface area contributed by atoms with E-state index in [1.54, 1.807) is 0 Å². The van der Waals surface area contributed by atoms with Crippen LogP contribution in [0.2, 0.25) is 0 Å². The van der Waals surface area contributed by atoms with Gasteiger partial charge in [-0.15, -0.1) is 0 Å². The van der Waals surface area contributed by atoms with E-state index in [4.69, 9.17) is 14.9 Å². The van der Waals surface area contributed by atoms with Crippen LogP contribution in [-0.4, -0.2) is 59.8 Å². The Bertz CT molecular complexity index is 450. The molecule has 0 amide bonds. The van der Waals surface area contributed by atoms with Gasteiger partial charge in [0.1, 0.15) is 0 Å². The summed E-state index contributed by atoms with van der Waals surface area (Å²) in [5.74, 6) is -1.34. The summed E-state index contributed by atoms with van der Waals surface area (Å²) in [6.45, 7) is 2.27. The van der Waals surface area contributed by atoms with Gasteiger partial charge in [-0.05, 0) is 64.6 Å². The molecule has 1 saturated heterocycles. The molecule has 0 aromatic rings. The van der Waals surface area contributed by atoms with Gasteiger partial charge in [0, 0.05) is 12.8 Å². The third-order valence-electron chi connectivity index (χ3n) is 5.52. The van der Waals surface area contributed by atoms with Crippen molar-refractivity contribution in [2.24, 2.45) is 11.8 Å². The number of carboxylic acid groups (broad SMARTS) is 2. The molecule has 0 aliphatic carbocycles. The molecule has 162 valence electrons. The zero-order valence-corrected chi connectivity index (χ0v) is 17.2. The quantitative estimate of drug-likeness (QED) is 0.320. The maximum absolute atomic E-state index is 12.3. The zero-order valence-electron chi connectivity index (χ0n) is 17.2. The fourth-order valence-electron chi connectivity index (χ4n) is 3.65. The van der Waals surface area contributed by atoms with Crippen molar-refractivity contribution in [3.63, 3.8) is 0 Å². The molecule has 1 fully saturated rings. The Kier molecular flexibility index (Phi) is 12.5. The van der Waals surface area contributed by atoms with Crippen LogP contribution in [0.5, 0.6) is 0 Å². The molecule has 0 saturated carbocycles. The Labute approximate surface area is 168 Å². The minimum absolute atomic E-state index is 0.00276. The van der Waals surface area contributed by atoms with E-state index in [2.05, 4.69) is 11.9 Å². The predicted molar refractivity (Wildman–Crippen MR) is 106 cm³/mol. The van der Waals surface area contributed by atoms with Crippen LogP contribution in [0.4, 0.5) is 0 Å². The van der Waals surface area contributed by atoms with Gasteiger partial charge >= 0.3 is 17.9 Å². The fourth-order valence-corrected chi connectivity index (χ4v) is 3.65. The number of unbranched alkanes of at least 4 members (excludes halogenated alkanes) is 4. The molecule has 28 heavy (non-hydrogen) atoms. The summed E-state index contributed by atoms with van der Waals surface area (Å²) in [5, 5.41) is 17.4. The highest BCUT2D eigenvalue weighted by Crippen LogP contribution is 2.22. The number of hydrogen-bond donors (Lipinski definition) is 2. The smallest absolute Gasteiger partial charge is 0.309 e. The maximum Gasteiger partial charge on any atom is 0.309 e. The highest BCUT2D eigenvalue weighted by atomic mass is 16.5. The summed E-state index contributed by atoms with van der Waals surface area (Å²) in [6.07, 6.45) is 8.88. The van der Waals surface area contributed by atoms with E-state index in [9.17, 15) is 14.4 Å². The van der Waals surface area contributed by atoms with E-state index in [0.717, 1.165) is 64.5 Å². The summed E-state index contributed by atoms with van der Waals surface area (Å²) in [7, 11) is 2.06. The predicted octanol–water partition coefficient (Wildman–Crippen LogP) is 3.56. The Balaban J connectivity index is 2.32. The van der Waals surface area contributed by atoms with Crippen LogP contribution in [0.1, 0.15) is 77.0 Å². The number of likely N-dealkylation sites (tertiary alicyclic amines) is 1. The summed E-state index contributed by atoms with van der Waals surface area (Å²) in [4.78, 5) is 35.7. The lowest BCUT2D eigenvalue weighted by molar-refractivity contribution is -0.151. The van der Waals surface area contributed by atoms with Crippen LogP contribution in [0.15, 0.2) is 0 Å². The van der Waals surface area contributed by atoms with Crippen LogP contribution in [-0.2, 0) is 19.1 Å². The van der Waals surface area contributed by atoms with Crippen molar-refractivity contribution in [1.29, 1.82) is 0 Å². The van der Waals surface area contributed by atoms with Crippen molar-refractivity contribution in [2.45, 2.75) is 77.0 Å². The Morgan fingerprint density at radius 3 is 1.86 bits per heavy atom. The Morgan fingerprint density at radius 2 is 1.39 bits per heavy atom. The first kappa shape index (κ1) is 24.4. The molecule has 1 aliphatic rings. The summed E-state index contributed by atoms with van der Waals surface area (Å²) >= 11 is 0. The highest BCUT2D eigenvalue weighted by molar-refractivity contribution is 5.72. The fraction of sp³-hybridized carbons (Fsp3) is 0.857. The number of rotatable bonds is 15. The van der Waals surface area contributed by atoms with E-state index in [-0.39, 0.29) is 30.6 Å². The molecule has 0 spiro atoms. The average molecular weight is 400 g/mol. The lowest BCUT2D eigenvalue weighted by Gasteiger charge is -2.28. The van der Waals surface area contributed by atoms with E-state index in [1.165, 1.54) is 0 Å². The van der Waals surface area contributed by atoms with Crippen molar-refractivity contribution in [3.8, 4) is 0 Å². The lowest BCUT2D eigenvalue weighted by Crippen LogP contribution is -2.34. The number of carbonyl (C=O) groups is 3. The summed E-state index contributed by atoms with van der Waals surface area (Å²) < 4.78 is 5.62. The third-order valence-corrected chi connectivity index (χ3v) is 5.52. The lowest BCUT2D eigenvalue weighted by atomic mass is 9.94. The average Bonchev–Trinajstić information content (AvgIpc) is 2.64. The van der Waals surface area contributed by atoms with E-state index in [0.29, 0.717) is 19.4 Å². The van der Waals surface area contributed by atoms with E-state index < -0.39 is 11.9 Å². The van der Waals surface area contributed by atoms with Gasteiger partial charge in [0.25, 0.3) is 0 Å². The standard InChI is InChI=1S/C21H37NO6/c1-22-14-12-18(13-15-22)21(27)28-16-17(8-4-2-6-10-19(23)24)9-5-3-7-11-20(25)26/h17-18H,2-16H2,1H3,(H,23,24)(H,25,26). The normalized spacial score (nSPS) is 15.6. The molecule has 7 nitrogen and oxygen atoms in total. The van der Waals surface area contributed by atoms with Crippen LogP contribution >= 0.6 is 0 Å². The molecule has 0 radical (unpaired) electrons. The van der Waals surface area contributed by atoms with Crippen LogP contribution in [0.3, 0.4) is 0 Å². The van der Waals surface area contributed by atoms with Gasteiger partial charge in [-0.3, -0.25) is 14.4 Å². The number of ether oxygens (including phenoxy) is 1. The zero-order chi connectivity index (χ0) is 20.8. The molecule has 1 heterocycles. The largest absolute Gasteiger partial charge is 0.481 e. The topological polar surface area (TPSA) is 104 Å². The number of carboxylic acids is 2. The van der Waals surface area contributed by atoms with Crippen molar-refractivity contribution < 1.29 is 29.3 Å². The summed E-state index contributed by atoms with van der Waals surface area (Å²) in [6, 6.07) is 0. The molecular formula is C21H37NO6. The first-order valence-corrected chi connectivity index (χ1v) is 10.7. The molecule has 1 rings (SSSR count). The molecule has 7 heteroatoms. The minimum Gasteiger partial charge on any atom is -0.481 e. The number of aliphatic carboxylic acids is 2. The van der Waals surface area contributed by atoms with Crippen molar-refractivity contribution in [3.05, 3.63) is 0 Å². The van der Waals surface area contributed by atoms with Gasteiger partial charge in [-0.25, -0.2) is 0 Å². The van der Waals surface area contributed by atoms with Gasteiger partial charge in [-0.2, -0.15) is 0 Å². The summed E-state index contributed by atoms with van der Waals surface area (Å²) in [5.41, 5.74) is 0. The van der Waals surface area contributed by atoms with Crippen molar-refractivity contribution >= 4 is 17.9 Å². The number of hydrogen-bond acceptors (Lipinski definition) is 5. The molecule has 0 atom stereocenters. The number of esters is 1. The number of carbonyl (C=O) groups excluding carboxylic acids is 1. The van der Waals surface area contributed by atoms with Gasteiger partial charge in [0.05, 0.1) is 12.5 Å². The number of nitrogens with zero attached hydrogens (tertiary/aromatic N) is 1. The SMILES string of the molecule is CN1CCC(C(=O)OCC(CCCCCC(=O)O)CCCCCC(=O)O)CC1. The molecule has 0 bridgehead atoms. The molecular weight excluding hydrogens is 362 g/mol. The van der Waals surface area contributed by atoms with Gasteiger partial charge < -0.3 is 19.8 Å². The second-order valence-corrected chi connectivity index (χ2v) is 8.06. The molecule has 0 aromatic carbocycles. The minimum atomic E-state index is -0.762. The van der Waals surface area contributed by atoms with Gasteiger partial charge in [0.2, 0.25) is 0 Å². The van der Waals surface area contributed by atoms with Crippen LogP contribution in [0.25, 0.3) is 0 Å². The molecule has 0 unspecified atom stereocenters. The van der Waals surface area contributed by atoms with Crippen LogP contribution in [0, 0.1) is 11.8 Å². The van der Waals surface area contributed by atoms with Gasteiger partial charge in [-0.1, -0.05) is 25.7 Å². The Hall–Kier alpha value is -1.63. The molecule has 0 aromatic heterocycles. The monoisotopic (exact) mass is 399 g/mol. The molecule has 1 aliphatic heterocycles. The first-order valence-electron chi connectivity index (χ1n) is 10.7. The van der Waals surface area contributed by atoms with Crippen molar-refractivity contribution in [1.82, 2.24) is 4.90 Å². The maximum atomic E-state index is 12.3. The van der Waals surface area contributed by atoms with Gasteiger partial charge in [0.15, 0.2) is 0 Å². The number of piperidine rings is 1.